The van der Waals surface area contributed by atoms with Crippen molar-refractivity contribution in [1.29, 1.82) is 0 Å². The summed E-state index contributed by atoms with van der Waals surface area (Å²) in [6.07, 6.45) is -3.33. The molecule has 1 aliphatic heterocycles. The molecule has 0 unspecified atom stereocenters. The molecule has 0 spiro atoms. The summed E-state index contributed by atoms with van der Waals surface area (Å²) >= 11 is 13.3. The fourth-order valence-electron chi connectivity index (χ4n) is 6.17. The number of carbonyl (C=O) groups is 3. The first-order valence-electron chi connectivity index (χ1n) is 16.3. The molecule has 3 aromatic rings. The van der Waals surface area contributed by atoms with Gasteiger partial charge in [-0.25, -0.2) is 4.98 Å². The van der Waals surface area contributed by atoms with E-state index in [4.69, 9.17) is 28.2 Å². The van der Waals surface area contributed by atoms with Gasteiger partial charge in [-0.15, -0.1) is 0 Å². The third kappa shape index (κ3) is 8.20. The van der Waals surface area contributed by atoms with Crippen molar-refractivity contribution in [1.82, 2.24) is 25.1 Å². The average molecular weight is 725 g/mol. The van der Waals surface area contributed by atoms with Gasteiger partial charge in [0.15, 0.2) is 0 Å². The first kappa shape index (κ1) is 36.6. The van der Waals surface area contributed by atoms with Crippen LogP contribution >= 0.6 is 23.2 Å². The number of carbonyl (C=O) groups excluding carboxylic acids is 3. The molecular weight excluding hydrogens is 682 g/mol. The van der Waals surface area contributed by atoms with Gasteiger partial charge in [0.05, 0.1) is 50.5 Å². The number of nitrogens with zero attached hydrogens (tertiary/aromatic N) is 4. The zero-order valence-electron chi connectivity index (χ0n) is 28.2. The normalized spacial score (nSPS) is 18.9. The Balaban J connectivity index is 1.42. The van der Waals surface area contributed by atoms with Crippen LogP contribution in [0.2, 0.25) is 10.0 Å². The SMILES string of the molecule is CN1CCN(c2cc3c(cc2C(=O)NCC2CCC(C(F)(F)F)CC2)nc(Nc2c(Cl)ccc(CNC(=O)C(C)(C)C)c2Cl)n3C)CC1=O. The Bertz CT molecular complexity index is 1750. The fraction of sp³-hybridized carbons (Fsp3) is 0.529. The number of nitrogens with one attached hydrogen (secondary N) is 3. The number of imidazole rings is 1. The third-order valence-corrected chi connectivity index (χ3v) is 10.2. The fourth-order valence-corrected chi connectivity index (χ4v) is 6.70. The summed E-state index contributed by atoms with van der Waals surface area (Å²) in [5.41, 5.74) is 2.50. The molecule has 3 amide bonds. The molecular formula is C34H42Cl2F3N7O3. The van der Waals surface area contributed by atoms with Crippen molar-refractivity contribution in [2.24, 2.45) is 24.3 Å². The van der Waals surface area contributed by atoms with E-state index in [1.165, 1.54) is 0 Å². The molecule has 0 bridgehead atoms. The highest BCUT2D eigenvalue weighted by Crippen LogP contribution is 2.40. The minimum atomic E-state index is -4.20. The second kappa shape index (κ2) is 14.3. The number of hydrogen-bond acceptors (Lipinski definition) is 6. The summed E-state index contributed by atoms with van der Waals surface area (Å²) in [7, 11) is 3.52. The summed E-state index contributed by atoms with van der Waals surface area (Å²) in [6, 6.07) is 6.90. The van der Waals surface area contributed by atoms with Crippen LogP contribution in [-0.2, 0) is 23.2 Å². The Morgan fingerprint density at radius 1 is 1.00 bits per heavy atom. The molecule has 2 heterocycles. The van der Waals surface area contributed by atoms with Crippen LogP contribution in [0.5, 0.6) is 0 Å². The van der Waals surface area contributed by atoms with Gasteiger partial charge in [-0.05, 0) is 55.4 Å². The van der Waals surface area contributed by atoms with Crippen LogP contribution in [0.4, 0.5) is 30.5 Å². The highest BCUT2D eigenvalue weighted by molar-refractivity contribution is 6.39. The first-order chi connectivity index (χ1) is 22.9. The summed E-state index contributed by atoms with van der Waals surface area (Å²) in [5, 5.41) is 9.70. The van der Waals surface area contributed by atoms with Crippen molar-refractivity contribution in [3.63, 3.8) is 0 Å². The summed E-state index contributed by atoms with van der Waals surface area (Å²) in [4.78, 5) is 47.1. The molecule has 0 atom stereocenters. The van der Waals surface area contributed by atoms with Crippen molar-refractivity contribution >= 4 is 69.3 Å². The Morgan fingerprint density at radius 3 is 2.33 bits per heavy atom. The number of aryl methyl sites for hydroxylation is 1. The lowest BCUT2D eigenvalue weighted by Gasteiger charge is -2.34. The number of aromatic nitrogens is 2. The zero-order valence-corrected chi connectivity index (χ0v) is 29.7. The Labute approximate surface area is 293 Å². The van der Waals surface area contributed by atoms with E-state index in [0.29, 0.717) is 75.5 Å². The molecule has 1 aliphatic carbocycles. The van der Waals surface area contributed by atoms with E-state index in [1.807, 2.05) is 31.7 Å². The van der Waals surface area contributed by atoms with Crippen LogP contribution in [0.1, 0.15) is 62.4 Å². The zero-order chi connectivity index (χ0) is 35.8. The number of piperazine rings is 1. The maximum absolute atomic E-state index is 13.7. The summed E-state index contributed by atoms with van der Waals surface area (Å²) in [5.74, 6) is -1.58. The number of alkyl halides is 3. The van der Waals surface area contributed by atoms with E-state index in [1.54, 1.807) is 41.8 Å². The number of hydrogen-bond donors (Lipinski definition) is 3. The van der Waals surface area contributed by atoms with Gasteiger partial charge in [0.2, 0.25) is 17.8 Å². The van der Waals surface area contributed by atoms with Gasteiger partial charge < -0.3 is 30.3 Å². The predicted octanol–water partition coefficient (Wildman–Crippen LogP) is 6.66. The average Bonchev–Trinajstić information content (AvgIpc) is 3.35. The second-order valence-corrected chi connectivity index (χ2v) is 14.8. The van der Waals surface area contributed by atoms with Crippen molar-refractivity contribution in [3.05, 3.63) is 45.4 Å². The first-order valence-corrected chi connectivity index (χ1v) is 17.1. The van der Waals surface area contributed by atoms with Gasteiger partial charge in [-0.1, -0.05) is 50.0 Å². The lowest BCUT2D eigenvalue weighted by molar-refractivity contribution is -0.183. The molecule has 49 heavy (non-hydrogen) atoms. The lowest BCUT2D eigenvalue weighted by atomic mass is 9.81. The van der Waals surface area contributed by atoms with Gasteiger partial charge >= 0.3 is 6.18 Å². The Kier molecular flexibility index (Phi) is 10.6. The number of fused-ring (bicyclic) bond motifs is 1. The van der Waals surface area contributed by atoms with Crippen LogP contribution in [-0.4, -0.2) is 71.6 Å². The maximum atomic E-state index is 13.7. The van der Waals surface area contributed by atoms with E-state index < -0.39 is 23.4 Å². The largest absolute Gasteiger partial charge is 0.391 e. The van der Waals surface area contributed by atoms with E-state index in [-0.39, 0.29) is 50.2 Å². The molecule has 2 aliphatic rings. The van der Waals surface area contributed by atoms with Crippen molar-refractivity contribution < 1.29 is 27.6 Å². The smallest absolute Gasteiger partial charge is 0.360 e. The molecule has 5 rings (SSSR count). The number of rotatable bonds is 8. The summed E-state index contributed by atoms with van der Waals surface area (Å²) < 4.78 is 41.3. The maximum Gasteiger partial charge on any atom is 0.391 e. The monoisotopic (exact) mass is 723 g/mol. The van der Waals surface area contributed by atoms with E-state index in [2.05, 4.69) is 16.0 Å². The quantitative estimate of drug-likeness (QED) is 0.240. The van der Waals surface area contributed by atoms with E-state index in [9.17, 15) is 27.6 Å². The summed E-state index contributed by atoms with van der Waals surface area (Å²) in [6.45, 7) is 6.96. The molecule has 2 fully saturated rings. The molecule has 1 saturated heterocycles. The minimum absolute atomic E-state index is 0.0524. The van der Waals surface area contributed by atoms with Crippen LogP contribution in [0, 0.1) is 17.3 Å². The number of amides is 3. The van der Waals surface area contributed by atoms with E-state index in [0.717, 1.165) is 0 Å². The second-order valence-electron chi connectivity index (χ2n) is 14.0. The molecule has 1 saturated carbocycles. The molecule has 0 radical (unpaired) electrons. The van der Waals surface area contributed by atoms with Crippen LogP contribution < -0.4 is 20.9 Å². The van der Waals surface area contributed by atoms with Crippen molar-refractivity contribution in [2.75, 3.05) is 43.4 Å². The highest BCUT2D eigenvalue weighted by Gasteiger charge is 2.41. The molecule has 10 nitrogen and oxygen atoms in total. The van der Waals surface area contributed by atoms with Gasteiger partial charge in [0, 0.05) is 45.7 Å². The van der Waals surface area contributed by atoms with Gasteiger partial charge in [0.25, 0.3) is 5.91 Å². The van der Waals surface area contributed by atoms with Gasteiger partial charge in [-0.3, -0.25) is 14.4 Å². The van der Waals surface area contributed by atoms with E-state index >= 15 is 0 Å². The Morgan fingerprint density at radius 2 is 1.69 bits per heavy atom. The molecule has 1 aromatic heterocycles. The predicted molar refractivity (Wildman–Crippen MR) is 185 cm³/mol. The minimum Gasteiger partial charge on any atom is -0.360 e. The molecule has 266 valence electrons. The highest BCUT2D eigenvalue weighted by atomic mass is 35.5. The van der Waals surface area contributed by atoms with Crippen LogP contribution in [0.3, 0.4) is 0 Å². The van der Waals surface area contributed by atoms with Crippen LogP contribution in [0.15, 0.2) is 24.3 Å². The standard InChI is InChI=1S/C34H42Cl2F3N7O3/c1-33(2,3)31(49)41-17-20-8-11-23(35)29(28(20)36)43-32-42-24-14-22(30(48)40-16-19-6-9-21(10-7-19)34(37,38)39)25(15-26(24)45(32)5)46-13-12-44(4)27(47)18-46/h8,11,14-15,19,21H,6-7,9-10,12-13,16-18H2,1-5H3,(H,40,48)(H,41,49)(H,42,43). The van der Waals surface area contributed by atoms with Gasteiger partial charge in [-0.2, -0.15) is 13.2 Å². The molecule has 2 aromatic carbocycles. The van der Waals surface area contributed by atoms with Gasteiger partial charge in [0.1, 0.15) is 0 Å². The third-order valence-electron chi connectivity index (χ3n) is 9.43. The molecule has 15 heteroatoms. The number of benzene rings is 2. The molecule has 3 N–H and O–H groups in total. The van der Waals surface area contributed by atoms with Crippen molar-refractivity contribution in [2.45, 2.75) is 59.2 Å². The Hall–Kier alpha value is -3.71. The topological polar surface area (TPSA) is 112 Å². The number of halogens is 5. The van der Waals surface area contributed by atoms with Crippen molar-refractivity contribution in [3.8, 4) is 0 Å². The number of anilines is 3. The van der Waals surface area contributed by atoms with Crippen LogP contribution in [0.25, 0.3) is 11.0 Å². The lowest BCUT2D eigenvalue weighted by Crippen LogP contribution is -2.49. The number of likely N-dealkylation sites (N-methyl/N-ethyl adjacent to an activating group) is 1.